The van der Waals surface area contributed by atoms with Gasteiger partial charge in [0.2, 0.25) is 0 Å². The highest BCUT2D eigenvalue weighted by Gasteiger charge is 2.13. The van der Waals surface area contributed by atoms with Crippen molar-refractivity contribution in [3.8, 4) is 0 Å². The summed E-state index contributed by atoms with van der Waals surface area (Å²) in [4.78, 5) is 0. The molecular formula is C15H15ClO. The highest BCUT2D eigenvalue weighted by atomic mass is 35.5. The maximum atomic E-state index is 10.3. The molecule has 0 bridgehead atoms. The monoisotopic (exact) mass is 246 g/mol. The maximum absolute atomic E-state index is 10.3. The van der Waals surface area contributed by atoms with Gasteiger partial charge in [0.25, 0.3) is 0 Å². The van der Waals surface area contributed by atoms with Crippen LogP contribution in [-0.2, 0) is 0 Å². The molecule has 0 aromatic heterocycles. The van der Waals surface area contributed by atoms with Crippen LogP contribution in [0.4, 0.5) is 0 Å². The minimum atomic E-state index is -0.616. The summed E-state index contributed by atoms with van der Waals surface area (Å²) in [6.45, 7) is 3.95. The van der Waals surface area contributed by atoms with Gasteiger partial charge in [-0.1, -0.05) is 48.0 Å². The molecule has 1 nitrogen and oxygen atoms in total. The summed E-state index contributed by atoms with van der Waals surface area (Å²) in [6.07, 6.45) is -0.616. The average Bonchev–Trinajstić information content (AvgIpc) is 2.32. The van der Waals surface area contributed by atoms with Crippen molar-refractivity contribution in [2.75, 3.05) is 0 Å². The van der Waals surface area contributed by atoms with Crippen molar-refractivity contribution in [2.45, 2.75) is 20.0 Å². The lowest BCUT2D eigenvalue weighted by atomic mass is 9.97. The fourth-order valence-corrected chi connectivity index (χ4v) is 2.04. The third-order valence-corrected chi connectivity index (χ3v) is 3.40. The van der Waals surface area contributed by atoms with E-state index in [1.165, 1.54) is 0 Å². The molecule has 0 fully saturated rings. The van der Waals surface area contributed by atoms with Gasteiger partial charge in [0, 0.05) is 5.02 Å². The molecule has 1 atom stereocenters. The second-order valence-electron chi connectivity index (χ2n) is 4.27. The Morgan fingerprint density at radius 2 is 1.71 bits per heavy atom. The molecule has 2 heteroatoms. The highest BCUT2D eigenvalue weighted by Crippen LogP contribution is 2.27. The van der Waals surface area contributed by atoms with Gasteiger partial charge in [-0.05, 0) is 42.2 Å². The quantitative estimate of drug-likeness (QED) is 0.848. The number of aryl methyl sites for hydroxylation is 2. The molecule has 2 aromatic carbocycles. The van der Waals surface area contributed by atoms with Crippen molar-refractivity contribution >= 4 is 11.6 Å². The van der Waals surface area contributed by atoms with E-state index in [4.69, 9.17) is 11.6 Å². The minimum Gasteiger partial charge on any atom is -0.384 e. The van der Waals surface area contributed by atoms with Gasteiger partial charge in [-0.2, -0.15) is 0 Å². The van der Waals surface area contributed by atoms with E-state index in [1.54, 1.807) is 0 Å². The summed E-state index contributed by atoms with van der Waals surface area (Å²) >= 11 is 6.07. The Bertz CT molecular complexity index is 534. The molecule has 1 unspecified atom stereocenters. The standard InChI is InChI=1S/C15H15ClO/c1-10-5-3-4-6-13(10)15(17)12-8-7-11(2)14(16)9-12/h3-9,15,17H,1-2H3. The molecule has 0 radical (unpaired) electrons. The van der Waals surface area contributed by atoms with E-state index in [0.717, 1.165) is 22.3 Å². The number of halogens is 1. The normalized spacial score (nSPS) is 12.5. The zero-order valence-electron chi connectivity index (χ0n) is 9.94. The average molecular weight is 247 g/mol. The van der Waals surface area contributed by atoms with Crippen LogP contribution in [0, 0.1) is 13.8 Å². The second-order valence-corrected chi connectivity index (χ2v) is 4.67. The summed E-state index contributed by atoms with van der Waals surface area (Å²) in [7, 11) is 0. The van der Waals surface area contributed by atoms with Crippen molar-refractivity contribution in [1.82, 2.24) is 0 Å². The van der Waals surface area contributed by atoms with Crippen LogP contribution in [-0.4, -0.2) is 5.11 Å². The Kier molecular flexibility index (Phi) is 3.51. The Labute approximate surface area is 107 Å². The van der Waals surface area contributed by atoms with Crippen molar-refractivity contribution in [3.05, 3.63) is 69.7 Å². The molecule has 88 valence electrons. The fraction of sp³-hybridized carbons (Fsp3) is 0.200. The largest absolute Gasteiger partial charge is 0.384 e. The molecule has 0 spiro atoms. The Morgan fingerprint density at radius 1 is 1.00 bits per heavy atom. The van der Waals surface area contributed by atoms with Gasteiger partial charge in [-0.15, -0.1) is 0 Å². The topological polar surface area (TPSA) is 20.2 Å². The van der Waals surface area contributed by atoms with Gasteiger partial charge in [-0.3, -0.25) is 0 Å². The van der Waals surface area contributed by atoms with Gasteiger partial charge >= 0.3 is 0 Å². The molecule has 2 aromatic rings. The smallest absolute Gasteiger partial charge is 0.104 e. The molecule has 0 aliphatic rings. The van der Waals surface area contributed by atoms with Crippen LogP contribution in [0.15, 0.2) is 42.5 Å². The number of aliphatic hydroxyl groups excluding tert-OH is 1. The van der Waals surface area contributed by atoms with Crippen LogP contribution in [0.5, 0.6) is 0 Å². The van der Waals surface area contributed by atoms with Gasteiger partial charge in [0.05, 0.1) is 0 Å². The van der Waals surface area contributed by atoms with E-state index in [0.29, 0.717) is 5.02 Å². The number of rotatable bonds is 2. The fourth-order valence-electron chi connectivity index (χ4n) is 1.85. The first-order chi connectivity index (χ1) is 8.09. The van der Waals surface area contributed by atoms with Crippen LogP contribution < -0.4 is 0 Å². The SMILES string of the molecule is Cc1ccc(C(O)c2ccccc2C)cc1Cl. The molecule has 0 aliphatic carbocycles. The number of hydrogen-bond acceptors (Lipinski definition) is 1. The summed E-state index contributed by atoms with van der Waals surface area (Å²) in [5.41, 5.74) is 3.85. The Morgan fingerprint density at radius 3 is 2.35 bits per heavy atom. The first-order valence-corrected chi connectivity index (χ1v) is 5.97. The van der Waals surface area contributed by atoms with Crippen LogP contribution in [0.25, 0.3) is 0 Å². The molecule has 0 aliphatic heterocycles. The first-order valence-electron chi connectivity index (χ1n) is 5.59. The highest BCUT2D eigenvalue weighted by molar-refractivity contribution is 6.31. The molecule has 0 saturated heterocycles. The predicted octanol–water partition coefficient (Wildman–Crippen LogP) is 4.04. The Balaban J connectivity index is 2.40. The summed E-state index contributed by atoms with van der Waals surface area (Å²) in [5, 5.41) is 11.0. The van der Waals surface area contributed by atoms with Crippen molar-refractivity contribution < 1.29 is 5.11 Å². The van der Waals surface area contributed by atoms with Gasteiger partial charge in [-0.25, -0.2) is 0 Å². The van der Waals surface area contributed by atoms with Gasteiger partial charge < -0.3 is 5.11 Å². The zero-order valence-corrected chi connectivity index (χ0v) is 10.7. The summed E-state index contributed by atoms with van der Waals surface area (Å²) < 4.78 is 0. The predicted molar refractivity (Wildman–Crippen MR) is 71.4 cm³/mol. The number of benzene rings is 2. The van der Waals surface area contributed by atoms with E-state index in [9.17, 15) is 5.11 Å². The van der Waals surface area contributed by atoms with E-state index in [1.807, 2.05) is 56.3 Å². The van der Waals surface area contributed by atoms with Crippen LogP contribution in [0.1, 0.15) is 28.4 Å². The van der Waals surface area contributed by atoms with Crippen LogP contribution in [0.3, 0.4) is 0 Å². The first kappa shape index (κ1) is 12.2. The van der Waals surface area contributed by atoms with E-state index in [-0.39, 0.29) is 0 Å². The van der Waals surface area contributed by atoms with Crippen LogP contribution in [0.2, 0.25) is 5.02 Å². The molecule has 2 rings (SSSR count). The van der Waals surface area contributed by atoms with Crippen molar-refractivity contribution in [1.29, 1.82) is 0 Å². The molecule has 1 N–H and O–H groups in total. The molecule has 0 saturated carbocycles. The summed E-state index contributed by atoms with van der Waals surface area (Å²) in [6, 6.07) is 13.5. The zero-order chi connectivity index (χ0) is 12.4. The van der Waals surface area contributed by atoms with E-state index < -0.39 is 6.10 Å². The van der Waals surface area contributed by atoms with Gasteiger partial charge in [0.15, 0.2) is 0 Å². The van der Waals surface area contributed by atoms with Gasteiger partial charge in [0.1, 0.15) is 6.10 Å². The lowest BCUT2D eigenvalue weighted by Crippen LogP contribution is -2.01. The van der Waals surface area contributed by atoms with Crippen LogP contribution >= 0.6 is 11.6 Å². The molecular weight excluding hydrogens is 232 g/mol. The third kappa shape index (κ3) is 2.51. The van der Waals surface area contributed by atoms with Crippen molar-refractivity contribution in [3.63, 3.8) is 0 Å². The molecule has 0 heterocycles. The lowest BCUT2D eigenvalue weighted by molar-refractivity contribution is 0.219. The molecule has 0 amide bonds. The lowest BCUT2D eigenvalue weighted by Gasteiger charge is -2.14. The number of aliphatic hydroxyl groups is 1. The summed E-state index contributed by atoms with van der Waals surface area (Å²) in [5.74, 6) is 0. The minimum absolute atomic E-state index is 0.616. The molecule has 17 heavy (non-hydrogen) atoms. The Hall–Kier alpha value is -1.31. The van der Waals surface area contributed by atoms with E-state index in [2.05, 4.69) is 0 Å². The van der Waals surface area contributed by atoms with E-state index >= 15 is 0 Å². The maximum Gasteiger partial charge on any atom is 0.104 e. The third-order valence-electron chi connectivity index (χ3n) is 2.99. The number of hydrogen-bond donors (Lipinski definition) is 1. The van der Waals surface area contributed by atoms with Crippen molar-refractivity contribution in [2.24, 2.45) is 0 Å². The second kappa shape index (κ2) is 4.91.